The molecule has 7 nitrogen and oxygen atoms in total. The van der Waals surface area contributed by atoms with Gasteiger partial charge in [-0.25, -0.2) is 33.1 Å². The predicted octanol–water partition coefficient (Wildman–Crippen LogP) is 3.85. The number of pyridine rings is 2. The van der Waals surface area contributed by atoms with Gasteiger partial charge < -0.3 is 15.2 Å². The third-order valence-electron chi connectivity index (χ3n) is 4.34. The summed E-state index contributed by atoms with van der Waals surface area (Å²) in [6.07, 6.45) is 0.885. The van der Waals surface area contributed by atoms with Gasteiger partial charge in [-0.05, 0) is 32.9 Å². The largest absolute Gasteiger partial charge is 0.481 e. The number of nitrogens with one attached hydrogen (secondary N) is 1. The zero-order valence-electron chi connectivity index (χ0n) is 16.2. The second-order valence-corrected chi connectivity index (χ2v) is 7.11. The molecule has 10 heteroatoms. The summed E-state index contributed by atoms with van der Waals surface area (Å²) in [5.74, 6) is 0.681. The third-order valence-corrected chi connectivity index (χ3v) is 4.34. The van der Waals surface area contributed by atoms with Gasteiger partial charge in [-0.3, -0.25) is 0 Å². The topological polar surface area (TPSA) is 93.1 Å². The molecular weight excluding hydrogens is 387 g/mol. The highest BCUT2D eigenvalue weighted by Gasteiger charge is 2.36. The molecule has 0 aliphatic rings. The van der Waals surface area contributed by atoms with Crippen LogP contribution in [0.2, 0.25) is 0 Å². The number of aliphatic hydroxyl groups is 1. The summed E-state index contributed by atoms with van der Waals surface area (Å²) < 4.78 is 46.1. The zero-order valence-corrected chi connectivity index (χ0v) is 16.2. The van der Waals surface area contributed by atoms with Gasteiger partial charge in [-0.1, -0.05) is 0 Å². The number of fused-ring (bicyclic) bond motifs is 1. The van der Waals surface area contributed by atoms with Crippen molar-refractivity contribution in [2.75, 3.05) is 12.4 Å². The van der Waals surface area contributed by atoms with Crippen molar-refractivity contribution >= 4 is 22.4 Å². The van der Waals surface area contributed by atoms with Crippen molar-refractivity contribution in [2.24, 2.45) is 0 Å². The van der Waals surface area contributed by atoms with Gasteiger partial charge in [0.1, 0.15) is 17.2 Å². The van der Waals surface area contributed by atoms with E-state index in [1.165, 1.54) is 45.5 Å². The van der Waals surface area contributed by atoms with Crippen LogP contribution >= 0.6 is 0 Å². The second kappa shape index (κ2) is 7.43. The Balaban J connectivity index is 2.10. The normalized spacial score (nSPS) is 14.1. The summed E-state index contributed by atoms with van der Waals surface area (Å²) in [6, 6.07) is 2.98. The highest BCUT2D eigenvalue weighted by atomic mass is 19.3. The van der Waals surface area contributed by atoms with Gasteiger partial charge in [0, 0.05) is 29.5 Å². The maximum absolute atomic E-state index is 14.1. The molecule has 0 bridgehead atoms. The number of ether oxygens (including phenoxy) is 1. The molecule has 0 saturated carbocycles. The van der Waals surface area contributed by atoms with Crippen molar-refractivity contribution in [3.8, 4) is 5.88 Å². The molecule has 1 atom stereocenters. The molecule has 29 heavy (non-hydrogen) atoms. The van der Waals surface area contributed by atoms with Gasteiger partial charge in [0.25, 0.3) is 6.43 Å². The highest BCUT2D eigenvalue weighted by Crippen LogP contribution is 2.36. The Hall–Kier alpha value is -3.01. The molecule has 0 aliphatic heterocycles. The molecule has 1 unspecified atom stereocenters. The lowest BCUT2D eigenvalue weighted by Gasteiger charge is -2.24. The number of hydrogen-bond donors (Lipinski definition) is 2. The van der Waals surface area contributed by atoms with E-state index in [9.17, 15) is 18.3 Å². The fourth-order valence-electron chi connectivity index (χ4n) is 2.71. The van der Waals surface area contributed by atoms with Crippen molar-refractivity contribution in [3.05, 3.63) is 42.1 Å². The van der Waals surface area contributed by atoms with Gasteiger partial charge in [0.15, 0.2) is 11.5 Å². The van der Waals surface area contributed by atoms with Crippen LogP contribution in [0.3, 0.4) is 0 Å². The number of anilines is 2. The number of alkyl halides is 3. The molecule has 3 aromatic rings. The molecular formula is C19H20F3N5O2. The van der Waals surface area contributed by atoms with Gasteiger partial charge in [-0.2, -0.15) is 0 Å². The summed E-state index contributed by atoms with van der Waals surface area (Å²) in [7, 11) is 1.39. The minimum absolute atomic E-state index is 0.0181. The molecule has 3 rings (SSSR count). The number of aromatic nitrogens is 4. The van der Waals surface area contributed by atoms with Crippen molar-refractivity contribution in [1.29, 1.82) is 0 Å². The number of methoxy groups -OCH3 is 1. The molecule has 0 aliphatic carbocycles. The van der Waals surface area contributed by atoms with E-state index in [0.29, 0.717) is 5.39 Å². The molecule has 0 fully saturated rings. The summed E-state index contributed by atoms with van der Waals surface area (Å²) in [5.41, 5.74) is -4.25. The summed E-state index contributed by atoms with van der Waals surface area (Å²) >= 11 is 0. The highest BCUT2D eigenvalue weighted by molar-refractivity contribution is 5.91. The summed E-state index contributed by atoms with van der Waals surface area (Å²) in [6.45, 7) is 3.67. The Bertz CT molecular complexity index is 1040. The van der Waals surface area contributed by atoms with Gasteiger partial charge in [0.2, 0.25) is 5.88 Å². The third kappa shape index (κ3) is 4.07. The predicted molar refractivity (Wildman–Crippen MR) is 101 cm³/mol. The molecule has 0 aromatic carbocycles. The van der Waals surface area contributed by atoms with Crippen LogP contribution in [-0.4, -0.2) is 38.6 Å². The minimum atomic E-state index is -3.04. The molecule has 3 heterocycles. The van der Waals surface area contributed by atoms with Crippen LogP contribution < -0.4 is 10.1 Å². The van der Waals surface area contributed by atoms with E-state index in [1.54, 1.807) is 0 Å². The number of rotatable bonds is 6. The number of hydrogen-bond acceptors (Lipinski definition) is 7. The lowest BCUT2D eigenvalue weighted by molar-refractivity contribution is -0.0875. The van der Waals surface area contributed by atoms with Crippen LogP contribution in [0.15, 0.2) is 30.7 Å². The maximum Gasteiger partial charge on any atom is 0.270 e. The fourth-order valence-corrected chi connectivity index (χ4v) is 2.71. The minimum Gasteiger partial charge on any atom is -0.481 e. The molecule has 0 spiro atoms. The van der Waals surface area contributed by atoms with E-state index >= 15 is 0 Å². The van der Waals surface area contributed by atoms with Crippen molar-refractivity contribution in [3.63, 3.8) is 0 Å². The number of halogens is 3. The standard InChI is InChI=1S/C19H20F3N5O2/c1-18(2,22)17-23-6-5-13(27-17)26-14-7-10-11(8-24-14)15(29-4)25-9-12(10)19(3,28)16(20)21/h5-9,16,28H,1-4H3,(H,23,24,26,27). The van der Waals surface area contributed by atoms with E-state index in [0.717, 1.165) is 13.1 Å². The van der Waals surface area contributed by atoms with Crippen molar-refractivity contribution < 1.29 is 23.0 Å². The van der Waals surface area contributed by atoms with E-state index in [1.807, 2.05) is 0 Å². The van der Waals surface area contributed by atoms with E-state index in [2.05, 4.69) is 25.3 Å². The first-order valence-corrected chi connectivity index (χ1v) is 8.67. The average Bonchev–Trinajstić information content (AvgIpc) is 2.66. The Morgan fingerprint density at radius 2 is 1.79 bits per heavy atom. The molecule has 2 N–H and O–H groups in total. The Kier molecular flexibility index (Phi) is 5.31. The van der Waals surface area contributed by atoms with Gasteiger partial charge >= 0.3 is 0 Å². The van der Waals surface area contributed by atoms with Gasteiger partial charge in [0.05, 0.1) is 12.5 Å². The van der Waals surface area contributed by atoms with E-state index < -0.39 is 17.7 Å². The Labute approximate surface area is 165 Å². The lowest BCUT2D eigenvalue weighted by Crippen LogP contribution is -2.30. The zero-order chi connectivity index (χ0) is 21.4. The quantitative estimate of drug-likeness (QED) is 0.641. The summed E-state index contributed by atoms with van der Waals surface area (Å²) in [5, 5.41) is 13.8. The monoisotopic (exact) mass is 407 g/mol. The Morgan fingerprint density at radius 3 is 2.41 bits per heavy atom. The molecule has 3 aromatic heterocycles. The fraction of sp³-hybridized carbons (Fsp3) is 0.368. The van der Waals surface area contributed by atoms with Crippen LogP contribution in [0.4, 0.5) is 24.8 Å². The molecule has 0 saturated heterocycles. The summed E-state index contributed by atoms with van der Waals surface area (Å²) in [4.78, 5) is 16.2. The SMILES string of the molecule is COc1ncc(C(C)(O)C(F)F)c2cc(Nc3ccnc(C(C)(C)F)n3)ncc12. The van der Waals surface area contributed by atoms with Crippen LogP contribution in [0.25, 0.3) is 10.8 Å². The van der Waals surface area contributed by atoms with Crippen molar-refractivity contribution in [1.82, 2.24) is 19.9 Å². The van der Waals surface area contributed by atoms with Crippen molar-refractivity contribution in [2.45, 2.75) is 38.5 Å². The smallest absolute Gasteiger partial charge is 0.270 e. The van der Waals surface area contributed by atoms with E-state index in [4.69, 9.17) is 4.74 Å². The van der Waals surface area contributed by atoms with E-state index in [-0.39, 0.29) is 34.3 Å². The Morgan fingerprint density at radius 1 is 1.07 bits per heavy atom. The van der Waals surface area contributed by atoms with Gasteiger partial charge in [-0.15, -0.1) is 0 Å². The first kappa shape index (κ1) is 20.7. The van der Waals surface area contributed by atoms with Crippen LogP contribution in [0.5, 0.6) is 5.88 Å². The van der Waals surface area contributed by atoms with Crippen LogP contribution in [0, 0.1) is 0 Å². The lowest BCUT2D eigenvalue weighted by atomic mass is 9.93. The molecule has 154 valence electrons. The molecule has 0 radical (unpaired) electrons. The van der Waals surface area contributed by atoms with Crippen LogP contribution in [-0.2, 0) is 11.3 Å². The van der Waals surface area contributed by atoms with Crippen LogP contribution in [0.1, 0.15) is 32.2 Å². The molecule has 0 amide bonds. The number of nitrogens with zero attached hydrogens (tertiary/aromatic N) is 4. The first-order chi connectivity index (χ1) is 13.5. The first-order valence-electron chi connectivity index (χ1n) is 8.67. The average molecular weight is 407 g/mol. The maximum atomic E-state index is 14.1. The second-order valence-electron chi connectivity index (χ2n) is 7.11.